The molecule has 4 nitrogen and oxygen atoms in total. The van der Waals surface area contributed by atoms with Gasteiger partial charge in [-0.15, -0.1) is 11.8 Å². The maximum Gasteiger partial charge on any atom is 0.0946 e. The van der Waals surface area contributed by atoms with E-state index in [-0.39, 0.29) is 0 Å². The number of anilines is 1. The summed E-state index contributed by atoms with van der Waals surface area (Å²) in [6.45, 7) is 5.24. The third-order valence-electron chi connectivity index (χ3n) is 5.26. The zero-order valence-electron chi connectivity index (χ0n) is 16.5. The van der Waals surface area contributed by atoms with Crippen LogP contribution in [-0.2, 0) is 13.0 Å². The van der Waals surface area contributed by atoms with Crippen molar-refractivity contribution in [3.8, 4) is 0 Å². The zero-order chi connectivity index (χ0) is 19.9. The van der Waals surface area contributed by atoms with Crippen molar-refractivity contribution < 1.29 is 0 Å². The van der Waals surface area contributed by atoms with Gasteiger partial charge >= 0.3 is 0 Å². The fraction of sp³-hybridized carbons (Fsp3) is 0.348. The Balaban J connectivity index is 1.40. The van der Waals surface area contributed by atoms with Crippen LogP contribution >= 0.6 is 23.4 Å². The molecule has 2 aromatic carbocycles. The van der Waals surface area contributed by atoms with Crippen molar-refractivity contribution in [2.45, 2.75) is 29.5 Å². The molecule has 0 saturated carbocycles. The van der Waals surface area contributed by atoms with Crippen molar-refractivity contribution in [2.24, 2.45) is 0 Å². The molecule has 4 rings (SSSR count). The Bertz CT molecular complexity index is 859. The molecule has 1 fully saturated rings. The van der Waals surface area contributed by atoms with Crippen LogP contribution < -0.4 is 10.2 Å². The summed E-state index contributed by atoms with van der Waals surface area (Å²) in [4.78, 5) is 7.98. The second kappa shape index (κ2) is 10.2. The smallest absolute Gasteiger partial charge is 0.0946 e. The summed E-state index contributed by atoms with van der Waals surface area (Å²) in [5, 5.41) is 4.68. The van der Waals surface area contributed by atoms with Crippen LogP contribution in [0, 0.1) is 0 Å². The number of piperazine rings is 1. The number of hydrogen-bond donors (Lipinski definition) is 1. The van der Waals surface area contributed by atoms with Gasteiger partial charge < -0.3 is 14.8 Å². The van der Waals surface area contributed by atoms with Gasteiger partial charge in [-0.2, -0.15) is 0 Å². The van der Waals surface area contributed by atoms with E-state index in [2.05, 4.69) is 56.2 Å². The van der Waals surface area contributed by atoms with Gasteiger partial charge in [0.2, 0.25) is 0 Å². The van der Waals surface area contributed by atoms with Crippen LogP contribution in [0.2, 0.25) is 5.02 Å². The van der Waals surface area contributed by atoms with E-state index >= 15 is 0 Å². The summed E-state index contributed by atoms with van der Waals surface area (Å²) in [6, 6.07) is 17.3. The third-order valence-corrected chi connectivity index (χ3v) is 6.78. The first-order valence-electron chi connectivity index (χ1n) is 10.2. The molecule has 1 atom stereocenters. The predicted molar refractivity (Wildman–Crippen MR) is 123 cm³/mol. The Morgan fingerprint density at radius 3 is 2.48 bits per heavy atom. The molecule has 29 heavy (non-hydrogen) atoms. The molecule has 1 saturated heterocycles. The number of aryl methyl sites for hydroxylation is 1. The molecule has 1 aliphatic heterocycles. The van der Waals surface area contributed by atoms with Gasteiger partial charge in [0.25, 0.3) is 0 Å². The first kappa shape index (κ1) is 20.3. The minimum atomic E-state index is 0.477. The molecule has 0 spiro atoms. The van der Waals surface area contributed by atoms with Crippen LogP contribution in [0.25, 0.3) is 0 Å². The highest BCUT2D eigenvalue weighted by atomic mass is 35.5. The Morgan fingerprint density at radius 2 is 1.79 bits per heavy atom. The van der Waals surface area contributed by atoms with E-state index < -0.39 is 0 Å². The maximum atomic E-state index is 6.02. The van der Waals surface area contributed by atoms with E-state index in [4.69, 9.17) is 11.6 Å². The standard InChI is InChI=1S/C23H27ClN4S/c24-20-4-1-19(2-5-20)3-8-23(17-27-14-11-26-18-27)29-22-9-6-21(7-10-22)28-15-12-25-13-16-28/h1-2,4-7,9-11,14,18,23,25H,3,8,12-13,15-17H2. The summed E-state index contributed by atoms with van der Waals surface area (Å²) in [7, 11) is 0. The molecule has 3 aromatic rings. The second-order valence-electron chi connectivity index (χ2n) is 7.40. The van der Waals surface area contributed by atoms with Gasteiger partial charge in [0.05, 0.1) is 6.33 Å². The van der Waals surface area contributed by atoms with Crippen molar-refractivity contribution in [3.05, 3.63) is 77.8 Å². The van der Waals surface area contributed by atoms with Crippen LogP contribution in [0.1, 0.15) is 12.0 Å². The molecule has 0 radical (unpaired) electrons. The number of nitrogens with zero attached hydrogens (tertiary/aromatic N) is 3. The monoisotopic (exact) mass is 426 g/mol. The van der Waals surface area contributed by atoms with Gasteiger partial charge in [-0.1, -0.05) is 23.7 Å². The minimum Gasteiger partial charge on any atom is -0.369 e. The van der Waals surface area contributed by atoms with Gasteiger partial charge in [0.15, 0.2) is 0 Å². The Labute approximate surface area is 182 Å². The van der Waals surface area contributed by atoms with Crippen LogP contribution in [0.15, 0.2) is 72.1 Å². The van der Waals surface area contributed by atoms with E-state index in [1.165, 1.54) is 16.1 Å². The van der Waals surface area contributed by atoms with Gasteiger partial charge in [-0.25, -0.2) is 4.98 Å². The number of imidazole rings is 1. The Kier molecular flexibility index (Phi) is 7.14. The van der Waals surface area contributed by atoms with Crippen molar-refractivity contribution in [2.75, 3.05) is 31.1 Å². The molecule has 0 amide bonds. The largest absolute Gasteiger partial charge is 0.369 e. The average Bonchev–Trinajstić information content (AvgIpc) is 3.27. The van der Waals surface area contributed by atoms with E-state index in [9.17, 15) is 0 Å². The quantitative estimate of drug-likeness (QED) is 0.527. The number of aromatic nitrogens is 2. The van der Waals surface area contributed by atoms with E-state index in [0.29, 0.717) is 5.25 Å². The van der Waals surface area contributed by atoms with Gasteiger partial charge in [-0.05, 0) is 54.8 Å². The molecule has 2 heterocycles. The number of hydrogen-bond acceptors (Lipinski definition) is 4. The molecule has 6 heteroatoms. The topological polar surface area (TPSA) is 33.1 Å². The fourth-order valence-electron chi connectivity index (χ4n) is 3.65. The first-order valence-corrected chi connectivity index (χ1v) is 11.4. The third kappa shape index (κ3) is 6.01. The number of nitrogens with one attached hydrogen (secondary N) is 1. The van der Waals surface area contributed by atoms with Crippen molar-refractivity contribution in [1.29, 1.82) is 0 Å². The normalized spacial score (nSPS) is 15.4. The molecule has 1 unspecified atom stereocenters. The minimum absolute atomic E-state index is 0.477. The van der Waals surface area contributed by atoms with E-state index in [1.54, 1.807) is 0 Å². The Hall–Kier alpha value is -1.95. The number of rotatable bonds is 8. The molecule has 1 aromatic heterocycles. The van der Waals surface area contributed by atoms with Crippen molar-refractivity contribution in [1.82, 2.24) is 14.9 Å². The summed E-state index contributed by atoms with van der Waals surface area (Å²) in [6.07, 6.45) is 7.95. The lowest BCUT2D eigenvalue weighted by molar-refractivity contribution is 0.589. The Morgan fingerprint density at radius 1 is 1.03 bits per heavy atom. The van der Waals surface area contributed by atoms with Crippen LogP contribution in [0.3, 0.4) is 0 Å². The van der Waals surface area contributed by atoms with Crippen LogP contribution in [0.5, 0.6) is 0 Å². The zero-order valence-corrected chi connectivity index (χ0v) is 18.1. The fourth-order valence-corrected chi connectivity index (χ4v) is 4.93. The molecule has 1 aliphatic rings. The molecule has 152 valence electrons. The summed E-state index contributed by atoms with van der Waals surface area (Å²) >= 11 is 7.98. The first-order chi connectivity index (χ1) is 14.3. The van der Waals surface area contributed by atoms with Gasteiger partial charge in [-0.3, -0.25) is 0 Å². The molecular weight excluding hydrogens is 400 g/mol. The molecule has 0 aliphatic carbocycles. The lowest BCUT2D eigenvalue weighted by atomic mass is 10.1. The van der Waals surface area contributed by atoms with Crippen LogP contribution in [-0.4, -0.2) is 41.0 Å². The number of benzene rings is 2. The summed E-state index contributed by atoms with van der Waals surface area (Å²) in [5.41, 5.74) is 2.66. The molecule has 1 N–H and O–H groups in total. The number of thioether (sulfide) groups is 1. The maximum absolute atomic E-state index is 6.02. The highest BCUT2D eigenvalue weighted by Gasteiger charge is 2.14. The van der Waals surface area contributed by atoms with Crippen molar-refractivity contribution >= 4 is 29.1 Å². The van der Waals surface area contributed by atoms with Gasteiger partial charge in [0.1, 0.15) is 0 Å². The summed E-state index contributed by atoms with van der Waals surface area (Å²) < 4.78 is 2.18. The van der Waals surface area contributed by atoms with E-state index in [0.717, 1.165) is 50.6 Å². The van der Waals surface area contributed by atoms with Gasteiger partial charge in [0, 0.05) is 66.0 Å². The average molecular weight is 427 g/mol. The number of halogens is 1. The lowest BCUT2D eigenvalue weighted by Gasteiger charge is -2.29. The summed E-state index contributed by atoms with van der Waals surface area (Å²) in [5.74, 6) is 0. The molecule has 0 bridgehead atoms. The highest BCUT2D eigenvalue weighted by molar-refractivity contribution is 8.00. The SMILES string of the molecule is Clc1ccc(CCC(Cn2ccnc2)Sc2ccc(N3CCNCC3)cc2)cc1. The predicted octanol–water partition coefficient (Wildman–Crippen LogP) is 4.74. The van der Waals surface area contributed by atoms with E-state index in [1.807, 2.05) is 42.6 Å². The van der Waals surface area contributed by atoms with Crippen LogP contribution in [0.4, 0.5) is 5.69 Å². The lowest BCUT2D eigenvalue weighted by Crippen LogP contribution is -2.43. The highest BCUT2D eigenvalue weighted by Crippen LogP contribution is 2.30. The van der Waals surface area contributed by atoms with Crippen molar-refractivity contribution in [3.63, 3.8) is 0 Å². The molecular formula is C23H27ClN4S. The second-order valence-corrected chi connectivity index (χ2v) is 9.21.